The summed E-state index contributed by atoms with van der Waals surface area (Å²) in [6, 6.07) is 27.7. The third kappa shape index (κ3) is 8.91. The first-order chi connectivity index (χ1) is 23.0. The maximum atomic E-state index is 13.8. The molecular weight excluding hydrogens is 632 g/mol. The van der Waals surface area contributed by atoms with Gasteiger partial charge in [-0.05, 0) is 60.4 Å². The van der Waals surface area contributed by atoms with E-state index in [0.29, 0.717) is 24.5 Å². The fourth-order valence-corrected chi connectivity index (χ4v) is 5.80. The second kappa shape index (κ2) is 15.3. The number of aliphatic hydroxyl groups is 1. The van der Waals surface area contributed by atoms with Crippen LogP contribution in [0.15, 0.2) is 97.1 Å². The smallest absolute Gasteiger partial charge is 0.251 e. The molecule has 4 aromatic rings. The molecule has 1 heterocycles. The normalized spacial score (nSPS) is 14.1. The van der Waals surface area contributed by atoms with Crippen LogP contribution < -0.4 is 29.7 Å². The van der Waals surface area contributed by atoms with E-state index in [9.17, 15) is 23.1 Å². The zero-order chi connectivity index (χ0) is 34.3. The molecule has 0 aromatic heterocycles. The van der Waals surface area contributed by atoms with E-state index in [0.717, 1.165) is 27.3 Å². The maximum absolute atomic E-state index is 13.8. The number of nitrogens with zero attached hydrogens (tertiary/aromatic N) is 1. The lowest BCUT2D eigenvalue weighted by Gasteiger charge is -2.25. The molecule has 0 fully saturated rings. The lowest BCUT2D eigenvalue weighted by molar-refractivity contribution is 0.0830. The largest absolute Gasteiger partial charge is 0.454 e. The molecule has 0 spiro atoms. The van der Waals surface area contributed by atoms with Crippen molar-refractivity contribution >= 4 is 27.5 Å². The van der Waals surface area contributed by atoms with E-state index in [1.54, 1.807) is 0 Å². The molecule has 0 saturated carbocycles. The predicted octanol–water partition coefficient (Wildman–Crippen LogP) is 3.79. The van der Waals surface area contributed by atoms with Gasteiger partial charge in [-0.1, -0.05) is 66.7 Å². The molecule has 252 valence electrons. The molecule has 2 amide bonds. The van der Waals surface area contributed by atoms with Gasteiger partial charge in [0.1, 0.15) is 0 Å². The number of sulfonamides is 1. The van der Waals surface area contributed by atoms with Crippen LogP contribution in [0.2, 0.25) is 0 Å². The first-order valence-electron chi connectivity index (χ1n) is 15.5. The highest BCUT2D eigenvalue weighted by molar-refractivity contribution is 7.92. The summed E-state index contributed by atoms with van der Waals surface area (Å²) in [7, 11) is -2.36. The van der Waals surface area contributed by atoms with Gasteiger partial charge in [0.2, 0.25) is 16.8 Å². The summed E-state index contributed by atoms with van der Waals surface area (Å²) in [5.74, 6) is 0.301. The predicted molar refractivity (Wildman–Crippen MR) is 184 cm³/mol. The molecule has 1 aliphatic heterocycles. The van der Waals surface area contributed by atoms with Crippen LogP contribution in [-0.2, 0) is 23.0 Å². The third-order valence-electron chi connectivity index (χ3n) is 8.15. The number of hydrogen-bond donors (Lipinski definition) is 4. The Morgan fingerprint density at radius 2 is 1.46 bits per heavy atom. The highest BCUT2D eigenvalue weighted by atomic mass is 32.2. The Morgan fingerprint density at radius 1 is 0.833 bits per heavy atom. The van der Waals surface area contributed by atoms with Gasteiger partial charge in [-0.2, -0.15) is 0 Å². The molecule has 5 rings (SSSR count). The molecule has 0 unspecified atom stereocenters. The highest BCUT2D eigenvalue weighted by Crippen LogP contribution is 2.32. The van der Waals surface area contributed by atoms with Crippen molar-refractivity contribution in [1.82, 2.24) is 16.0 Å². The van der Waals surface area contributed by atoms with Gasteiger partial charge in [0.25, 0.3) is 11.8 Å². The Kier molecular flexibility index (Phi) is 11.0. The second-order valence-corrected chi connectivity index (χ2v) is 13.8. The summed E-state index contributed by atoms with van der Waals surface area (Å²) in [5.41, 5.74) is 3.05. The monoisotopic (exact) mass is 672 g/mol. The van der Waals surface area contributed by atoms with Crippen LogP contribution in [0, 0.1) is 0 Å². The molecule has 11 nitrogen and oxygen atoms in total. The Hall–Kier alpha value is -4.91. The molecule has 1 aliphatic rings. The van der Waals surface area contributed by atoms with Crippen LogP contribution in [0.5, 0.6) is 11.5 Å². The molecule has 0 bridgehead atoms. The van der Waals surface area contributed by atoms with Crippen molar-refractivity contribution < 1.29 is 32.6 Å². The van der Waals surface area contributed by atoms with E-state index >= 15 is 0 Å². The Balaban J connectivity index is 1.36. The van der Waals surface area contributed by atoms with Gasteiger partial charge in [-0.25, -0.2) is 8.42 Å². The van der Waals surface area contributed by atoms with Crippen molar-refractivity contribution in [1.29, 1.82) is 0 Å². The van der Waals surface area contributed by atoms with E-state index in [1.807, 2.05) is 85.8 Å². The topological polar surface area (TPSA) is 146 Å². The van der Waals surface area contributed by atoms with Crippen molar-refractivity contribution in [3.05, 3.63) is 125 Å². The minimum absolute atomic E-state index is 0.0686. The average Bonchev–Trinajstić information content (AvgIpc) is 3.56. The van der Waals surface area contributed by atoms with Crippen LogP contribution in [0.25, 0.3) is 0 Å². The summed E-state index contributed by atoms with van der Waals surface area (Å²) >= 11 is 0. The summed E-state index contributed by atoms with van der Waals surface area (Å²) in [6.07, 6.45) is 0.365. The number of carbonyl (C=O) groups excluding carboxylic acids is 2. The quantitative estimate of drug-likeness (QED) is 0.158. The first-order valence-corrected chi connectivity index (χ1v) is 17.4. The summed E-state index contributed by atoms with van der Waals surface area (Å²) < 4.78 is 36.8. The number of anilines is 1. The van der Waals surface area contributed by atoms with Crippen LogP contribution in [0.4, 0.5) is 5.69 Å². The zero-order valence-corrected chi connectivity index (χ0v) is 27.9. The number of ether oxygens (including phenoxy) is 2. The summed E-state index contributed by atoms with van der Waals surface area (Å²) in [5, 5.41) is 20.4. The van der Waals surface area contributed by atoms with Gasteiger partial charge in [0, 0.05) is 31.3 Å². The number of rotatable bonds is 14. The van der Waals surface area contributed by atoms with E-state index in [1.165, 1.54) is 25.2 Å². The van der Waals surface area contributed by atoms with E-state index < -0.39 is 34.0 Å². The minimum atomic E-state index is -3.71. The number of benzene rings is 4. The zero-order valence-electron chi connectivity index (χ0n) is 27.1. The lowest BCUT2D eigenvalue weighted by atomic mass is 10.00. The van der Waals surface area contributed by atoms with Crippen LogP contribution in [0.1, 0.15) is 50.4 Å². The molecule has 3 atom stereocenters. The average molecular weight is 673 g/mol. The van der Waals surface area contributed by atoms with E-state index in [2.05, 4.69) is 16.0 Å². The van der Waals surface area contributed by atoms with Crippen molar-refractivity contribution in [2.45, 2.75) is 38.1 Å². The number of fused-ring (bicyclic) bond motifs is 1. The van der Waals surface area contributed by atoms with Crippen LogP contribution >= 0.6 is 0 Å². The molecule has 4 aromatic carbocycles. The fraction of sp³-hybridized carbons (Fsp3) is 0.278. The number of carbonyl (C=O) groups is 2. The van der Waals surface area contributed by atoms with Gasteiger partial charge >= 0.3 is 0 Å². The first kappa shape index (κ1) is 34.4. The summed E-state index contributed by atoms with van der Waals surface area (Å²) in [4.78, 5) is 27.3. The van der Waals surface area contributed by atoms with Gasteiger partial charge in [0.05, 0.1) is 30.1 Å². The van der Waals surface area contributed by atoms with E-state index in [-0.39, 0.29) is 36.2 Å². The van der Waals surface area contributed by atoms with Gasteiger partial charge in [0.15, 0.2) is 11.5 Å². The standard InChI is InChI=1S/C36H40N4O7S/c1-24(27-12-8-5-9-13-27)38-35(42)28-18-29(20-30(19-28)40(2)48(3,44)45)36(43)39-31(16-25-10-6-4-7-11-25)32(41)22-37-21-26-14-15-33-34(17-26)47-23-46-33/h4-15,17-20,24,31-32,37,41H,16,21-23H2,1-3H3,(H,38,42)(H,39,43)/t24-,31+,32-/m1/s1. The Bertz CT molecular complexity index is 1840. The molecule has 48 heavy (non-hydrogen) atoms. The van der Waals surface area contributed by atoms with Gasteiger partial charge in [-0.15, -0.1) is 0 Å². The van der Waals surface area contributed by atoms with Gasteiger partial charge < -0.3 is 30.5 Å². The SMILES string of the molecule is C[C@@H](NC(=O)c1cc(C(=O)N[C@@H](Cc2ccccc2)[C@H](O)CNCc2ccc3c(c2)OCO3)cc(N(C)S(C)(=O)=O)c1)c1ccccc1. The van der Waals surface area contributed by atoms with Crippen molar-refractivity contribution in [2.24, 2.45) is 0 Å². The number of aliphatic hydroxyl groups excluding tert-OH is 1. The lowest BCUT2D eigenvalue weighted by Crippen LogP contribution is -2.48. The molecular formula is C36H40N4O7S. The number of amides is 2. The fourth-order valence-electron chi connectivity index (χ4n) is 5.31. The number of hydrogen-bond acceptors (Lipinski definition) is 8. The Labute approximate surface area is 280 Å². The van der Waals surface area contributed by atoms with Crippen LogP contribution in [-0.4, -0.2) is 64.1 Å². The van der Waals surface area contributed by atoms with Crippen molar-refractivity contribution in [2.75, 3.05) is 30.9 Å². The van der Waals surface area contributed by atoms with Crippen molar-refractivity contribution in [3.63, 3.8) is 0 Å². The molecule has 0 saturated heterocycles. The molecule has 4 N–H and O–H groups in total. The van der Waals surface area contributed by atoms with Crippen molar-refractivity contribution in [3.8, 4) is 11.5 Å². The second-order valence-electron chi connectivity index (χ2n) is 11.8. The maximum Gasteiger partial charge on any atom is 0.251 e. The molecule has 0 radical (unpaired) electrons. The van der Waals surface area contributed by atoms with Crippen LogP contribution in [0.3, 0.4) is 0 Å². The third-order valence-corrected chi connectivity index (χ3v) is 9.36. The molecule has 0 aliphatic carbocycles. The summed E-state index contributed by atoms with van der Waals surface area (Å²) in [6.45, 7) is 2.62. The number of nitrogens with one attached hydrogen (secondary N) is 3. The van der Waals surface area contributed by atoms with E-state index in [4.69, 9.17) is 9.47 Å². The molecule has 12 heteroatoms. The Morgan fingerprint density at radius 3 is 2.12 bits per heavy atom. The van der Waals surface area contributed by atoms with Gasteiger partial charge in [-0.3, -0.25) is 13.9 Å². The highest BCUT2D eigenvalue weighted by Gasteiger charge is 2.25. The minimum Gasteiger partial charge on any atom is -0.454 e.